The Kier molecular flexibility index (Phi) is 6.36. The van der Waals surface area contributed by atoms with Crippen molar-refractivity contribution in [1.82, 2.24) is 14.8 Å². The lowest BCUT2D eigenvalue weighted by atomic mass is 10.1. The third kappa shape index (κ3) is 4.68. The van der Waals surface area contributed by atoms with Crippen LogP contribution in [0.3, 0.4) is 0 Å². The fourth-order valence-electron chi connectivity index (χ4n) is 3.57. The molecule has 1 aliphatic rings. The van der Waals surface area contributed by atoms with E-state index < -0.39 is 6.10 Å². The van der Waals surface area contributed by atoms with Gasteiger partial charge in [0, 0.05) is 31.9 Å². The molecule has 2 heterocycles. The van der Waals surface area contributed by atoms with Crippen molar-refractivity contribution in [3.8, 4) is 0 Å². The molecule has 0 saturated carbocycles. The zero-order chi connectivity index (χ0) is 18.4. The van der Waals surface area contributed by atoms with Gasteiger partial charge < -0.3 is 10.0 Å². The third-order valence-corrected chi connectivity index (χ3v) is 5.12. The predicted molar refractivity (Wildman–Crippen MR) is 101 cm³/mol. The van der Waals surface area contributed by atoms with Crippen LogP contribution in [0.5, 0.6) is 0 Å². The van der Waals surface area contributed by atoms with Crippen molar-refractivity contribution in [3.05, 3.63) is 66.0 Å². The van der Waals surface area contributed by atoms with E-state index in [4.69, 9.17) is 0 Å². The van der Waals surface area contributed by atoms with Crippen molar-refractivity contribution in [2.24, 2.45) is 0 Å². The third-order valence-electron chi connectivity index (χ3n) is 5.12. The summed E-state index contributed by atoms with van der Waals surface area (Å²) in [5.74, 6) is -0.191. The number of aliphatic hydroxyl groups is 1. The Hall–Kier alpha value is -2.24. The zero-order valence-electron chi connectivity index (χ0n) is 15.3. The van der Waals surface area contributed by atoms with Crippen molar-refractivity contribution < 1.29 is 9.90 Å². The van der Waals surface area contributed by atoms with Gasteiger partial charge in [-0.15, -0.1) is 0 Å². The number of likely N-dealkylation sites (tertiary alicyclic amines) is 1. The molecule has 26 heavy (non-hydrogen) atoms. The molecule has 1 unspecified atom stereocenters. The second-order valence-corrected chi connectivity index (χ2v) is 6.96. The first-order valence-corrected chi connectivity index (χ1v) is 9.27. The van der Waals surface area contributed by atoms with Gasteiger partial charge in [0.15, 0.2) is 6.10 Å². The summed E-state index contributed by atoms with van der Waals surface area (Å²) in [6.07, 6.45) is 3.66. The van der Waals surface area contributed by atoms with E-state index >= 15 is 0 Å². The standard InChI is InChI=1S/C21H27N3O2/c1-23(16-18-10-5-6-13-22-18)19-11-7-14-24(15-12-19)21(26)20(25)17-8-3-2-4-9-17/h2-6,8-10,13,19-20,25H,7,11-12,14-16H2,1H3/t19?,20-/m0/s1. The summed E-state index contributed by atoms with van der Waals surface area (Å²) < 4.78 is 0. The fraction of sp³-hybridized carbons (Fsp3) is 0.429. The number of amides is 1. The van der Waals surface area contributed by atoms with Crippen LogP contribution >= 0.6 is 0 Å². The monoisotopic (exact) mass is 353 g/mol. The van der Waals surface area contributed by atoms with Gasteiger partial charge in [-0.1, -0.05) is 36.4 Å². The van der Waals surface area contributed by atoms with Crippen LogP contribution in [0.4, 0.5) is 0 Å². The van der Waals surface area contributed by atoms with E-state index in [1.54, 1.807) is 12.1 Å². The molecular weight excluding hydrogens is 326 g/mol. The summed E-state index contributed by atoms with van der Waals surface area (Å²) in [4.78, 5) is 21.2. The molecule has 0 radical (unpaired) electrons. The highest BCUT2D eigenvalue weighted by molar-refractivity contribution is 5.82. The van der Waals surface area contributed by atoms with Gasteiger partial charge >= 0.3 is 0 Å². The van der Waals surface area contributed by atoms with E-state index in [9.17, 15) is 9.90 Å². The van der Waals surface area contributed by atoms with Crippen molar-refractivity contribution in [1.29, 1.82) is 0 Å². The van der Waals surface area contributed by atoms with Crippen molar-refractivity contribution in [3.63, 3.8) is 0 Å². The molecule has 3 rings (SSSR count). The first kappa shape index (κ1) is 18.5. The number of nitrogens with zero attached hydrogens (tertiary/aromatic N) is 3. The number of hydrogen-bond acceptors (Lipinski definition) is 4. The van der Waals surface area contributed by atoms with Crippen LogP contribution in [0.25, 0.3) is 0 Å². The highest BCUT2D eigenvalue weighted by Gasteiger charge is 2.27. The molecule has 138 valence electrons. The molecule has 1 fully saturated rings. The highest BCUT2D eigenvalue weighted by atomic mass is 16.3. The van der Waals surface area contributed by atoms with E-state index in [1.807, 2.05) is 47.5 Å². The van der Waals surface area contributed by atoms with Crippen LogP contribution < -0.4 is 0 Å². The summed E-state index contributed by atoms with van der Waals surface area (Å²) in [7, 11) is 2.12. The van der Waals surface area contributed by atoms with Gasteiger partial charge in [0.1, 0.15) is 0 Å². The zero-order valence-corrected chi connectivity index (χ0v) is 15.3. The van der Waals surface area contributed by atoms with E-state index in [-0.39, 0.29) is 5.91 Å². The molecule has 0 aliphatic carbocycles. The Balaban J connectivity index is 1.56. The molecule has 5 nitrogen and oxygen atoms in total. The highest BCUT2D eigenvalue weighted by Crippen LogP contribution is 2.21. The Labute approximate surface area is 155 Å². The average Bonchev–Trinajstić information content (AvgIpc) is 2.94. The van der Waals surface area contributed by atoms with Gasteiger partial charge in [-0.25, -0.2) is 0 Å². The summed E-state index contributed by atoms with van der Waals surface area (Å²) in [6.45, 7) is 2.20. The normalized spacial score (nSPS) is 19.2. The molecule has 1 N–H and O–H groups in total. The largest absolute Gasteiger partial charge is 0.378 e. The summed E-state index contributed by atoms with van der Waals surface area (Å²) in [5, 5.41) is 10.4. The van der Waals surface area contributed by atoms with Crippen molar-refractivity contribution in [2.45, 2.75) is 38.0 Å². The molecule has 0 spiro atoms. The maximum atomic E-state index is 12.7. The van der Waals surface area contributed by atoms with Gasteiger partial charge in [-0.05, 0) is 44.0 Å². The minimum absolute atomic E-state index is 0.191. The molecule has 5 heteroatoms. The Bertz CT molecular complexity index is 693. The molecular formula is C21H27N3O2. The molecule has 0 bridgehead atoms. The number of carbonyl (C=O) groups is 1. The van der Waals surface area contributed by atoms with E-state index in [1.165, 1.54) is 0 Å². The summed E-state index contributed by atoms with van der Waals surface area (Å²) >= 11 is 0. The van der Waals surface area contributed by atoms with E-state index in [0.29, 0.717) is 24.7 Å². The lowest BCUT2D eigenvalue weighted by molar-refractivity contribution is -0.140. The van der Waals surface area contributed by atoms with E-state index in [0.717, 1.165) is 31.5 Å². The van der Waals surface area contributed by atoms with Crippen molar-refractivity contribution >= 4 is 5.91 Å². The number of pyridine rings is 1. The first-order valence-electron chi connectivity index (χ1n) is 9.27. The minimum atomic E-state index is -1.07. The lowest BCUT2D eigenvalue weighted by Gasteiger charge is -2.27. The Morgan fingerprint density at radius 2 is 1.96 bits per heavy atom. The van der Waals surface area contributed by atoms with Crippen LogP contribution in [0.2, 0.25) is 0 Å². The quantitative estimate of drug-likeness (QED) is 0.898. The van der Waals surface area contributed by atoms with Gasteiger partial charge in [-0.3, -0.25) is 14.7 Å². The van der Waals surface area contributed by atoms with Gasteiger partial charge in [-0.2, -0.15) is 0 Å². The number of benzene rings is 1. The number of aliphatic hydroxyl groups excluding tert-OH is 1. The van der Waals surface area contributed by atoms with Crippen molar-refractivity contribution in [2.75, 3.05) is 20.1 Å². The SMILES string of the molecule is CN(Cc1ccccn1)C1CCCN(C(=O)[C@@H](O)c2ccccc2)CC1. The molecule has 1 aliphatic heterocycles. The van der Waals surface area contributed by atoms with Crippen LogP contribution in [0.15, 0.2) is 54.7 Å². The Morgan fingerprint density at radius 1 is 1.19 bits per heavy atom. The lowest BCUT2D eigenvalue weighted by Crippen LogP contribution is -2.37. The first-order chi connectivity index (χ1) is 12.6. The maximum Gasteiger partial charge on any atom is 0.256 e. The second kappa shape index (κ2) is 8.92. The van der Waals surface area contributed by atoms with Gasteiger partial charge in [0.25, 0.3) is 5.91 Å². The van der Waals surface area contributed by atoms with Gasteiger partial charge in [0.2, 0.25) is 0 Å². The van der Waals surface area contributed by atoms with Crippen LogP contribution in [0.1, 0.15) is 36.6 Å². The average molecular weight is 353 g/mol. The molecule has 1 aromatic carbocycles. The fourth-order valence-corrected chi connectivity index (χ4v) is 3.57. The number of rotatable bonds is 5. The second-order valence-electron chi connectivity index (χ2n) is 6.96. The molecule has 2 aromatic rings. The summed E-state index contributed by atoms with van der Waals surface area (Å²) in [5.41, 5.74) is 1.72. The minimum Gasteiger partial charge on any atom is -0.378 e. The number of carbonyl (C=O) groups excluding carboxylic acids is 1. The van der Waals surface area contributed by atoms with Crippen LogP contribution in [-0.2, 0) is 11.3 Å². The van der Waals surface area contributed by atoms with Gasteiger partial charge in [0.05, 0.1) is 5.69 Å². The molecule has 1 aromatic heterocycles. The number of hydrogen-bond donors (Lipinski definition) is 1. The Morgan fingerprint density at radius 3 is 2.69 bits per heavy atom. The maximum absolute atomic E-state index is 12.7. The topological polar surface area (TPSA) is 56.7 Å². The van der Waals surface area contributed by atoms with Crippen LogP contribution in [-0.4, -0.2) is 52.0 Å². The summed E-state index contributed by atoms with van der Waals surface area (Å²) in [6, 6.07) is 15.6. The molecule has 2 atom stereocenters. The van der Waals surface area contributed by atoms with E-state index in [2.05, 4.69) is 16.9 Å². The molecule has 1 amide bonds. The smallest absolute Gasteiger partial charge is 0.256 e. The predicted octanol–water partition coefficient (Wildman–Crippen LogP) is 2.63. The molecule has 1 saturated heterocycles. The number of aromatic nitrogens is 1. The van der Waals surface area contributed by atoms with Crippen LogP contribution in [0, 0.1) is 0 Å².